The first-order valence-electron chi connectivity index (χ1n) is 5.45. The number of rotatable bonds is 5. The largest absolute Gasteiger partial charge is 0.356 e. The zero-order valence-electron chi connectivity index (χ0n) is 9.67. The molecule has 0 bridgehead atoms. The van der Waals surface area contributed by atoms with Gasteiger partial charge in [-0.2, -0.15) is 0 Å². The van der Waals surface area contributed by atoms with Gasteiger partial charge in [0.05, 0.1) is 5.02 Å². The van der Waals surface area contributed by atoms with Gasteiger partial charge in [-0.25, -0.2) is 4.39 Å². The second kappa shape index (κ2) is 6.57. The fourth-order valence-electron chi connectivity index (χ4n) is 1.41. The van der Waals surface area contributed by atoms with Crippen molar-refractivity contribution in [3.63, 3.8) is 0 Å². The second-order valence-electron chi connectivity index (χ2n) is 4.03. The van der Waals surface area contributed by atoms with E-state index in [4.69, 9.17) is 17.3 Å². The molecule has 3 N–H and O–H groups in total. The molecule has 1 unspecified atom stereocenters. The minimum absolute atomic E-state index is 0.0757. The molecule has 1 aromatic carbocycles. The number of nitrogens with two attached hydrogens (primary N) is 1. The summed E-state index contributed by atoms with van der Waals surface area (Å²) in [6.45, 7) is 2.27. The van der Waals surface area contributed by atoms with E-state index < -0.39 is 5.82 Å². The van der Waals surface area contributed by atoms with Crippen LogP contribution in [0.25, 0.3) is 0 Å². The summed E-state index contributed by atoms with van der Waals surface area (Å²) in [5.41, 5.74) is 6.38. The molecule has 0 spiro atoms. The van der Waals surface area contributed by atoms with Gasteiger partial charge >= 0.3 is 0 Å². The third-order valence-corrected chi connectivity index (χ3v) is 2.52. The number of benzene rings is 1. The lowest BCUT2D eigenvalue weighted by Gasteiger charge is -2.07. The van der Waals surface area contributed by atoms with Gasteiger partial charge in [-0.15, -0.1) is 0 Å². The van der Waals surface area contributed by atoms with Crippen LogP contribution in [0.3, 0.4) is 0 Å². The number of amides is 1. The zero-order valence-corrected chi connectivity index (χ0v) is 10.4. The van der Waals surface area contributed by atoms with E-state index in [-0.39, 0.29) is 17.0 Å². The Morgan fingerprint density at radius 1 is 1.59 bits per heavy atom. The highest BCUT2D eigenvalue weighted by molar-refractivity contribution is 6.30. The van der Waals surface area contributed by atoms with Crippen LogP contribution in [0.5, 0.6) is 0 Å². The van der Waals surface area contributed by atoms with Crippen LogP contribution in [-0.2, 0) is 11.2 Å². The van der Waals surface area contributed by atoms with E-state index in [1.54, 1.807) is 19.1 Å². The van der Waals surface area contributed by atoms with E-state index in [1.807, 2.05) is 0 Å². The normalized spacial score (nSPS) is 12.2. The molecular weight excluding hydrogens is 243 g/mol. The number of carbonyl (C=O) groups excluding carboxylic acids is 1. The molecule has 1 rings (SSSR count). The molecule has 1 amide bonds. The third kappa shape index (κ3) is 5.15. The summed E-state index contributed by atoms with van der Waals surface area (Å²) in [5, 5.41) is 2.84. The van der Waals surface area contributed by atoms with Crippen LogP contribution in [0, 0.1) is 5.82 Å². The van der Waals surface area contributed by atoms with Crippen molar-refractivity contribution in [2.75, 3.05) is 6.54 Å². The van der Waals surface area contributed by atoms with E-state index in [0.29, 0.717) is 19.4 Å². The Labute approximate surface area is 105 Å². The molecule has 0 aliphatic carbocycles. The van der Waals surface area contributed by atoms with Crippen LogP contribution < -0.4 is 11.1 Å². The molecule has 0 heterocycles. The van der Waals surface area contributed by atoms with E-state index >= 15 is 0 Å². The molecule has 3 nitrogen and oxygen atoms in total. The molecule has 5 heteroatoms. The molecule has 1 atom stereocenters. The second-order valence-corrected chi connectivity index (χ2v) is 4.44. The highest BCUT2D eigenvalue weighted by Gasteiger charge is 2.05. The fourth-order valence-corrected chi connectivity index (χ4v) is 1.61. The number of halogens is 2. The summed E-state index contributed by atoms with van der Waals surface area (Å²) < 4.78 is 12.9. The Kier molecular flexibility index (Phi) is 5.38. The first kappa shape index (κ1) is 13.9. The lowest BCUT2D eigenvalue weighted by atomic mass is 10.1. The van der Waals surface area contributed by atoms with Gasteiger partial charge in [0.15, 0.2) is 0 Å². The van der Waals surface area contributed by atoms with E-state index in [1.165, 1.54) is 6.07 Å². The predicted molar refractivity (Wildman–Crippen MR) is 66.4 cm³/mol. The number of nitrogens with one attached hydrogen (secondary N) is 1. The monoisotopic (exact) mass is 258 g/mol. The molecule has 0 aliphatic rings. The van der Waals surface area contributed by atoms with Crippen molar-refractivity contribution in [2.24, 2.45) is 5.73 Å². The van der Waals surface area contributed by atoms with Crippen LogP contribution in [0.2, 0.25) is 5.02 Å². The molecule has 0 aromatic heterocycles. The van der Waals surface area contributed by atoms with Crippen LogP contribution in [0.1, 0.15) is 18.9 Å². The SMILES string of the molecule is CC(N)CC(=O)NCCc1ccc(F)c(Cl)c1. The van der Waals surface area contributed by atoms with Crippen molar-refractivity contribution in [2.45, 2.75) is 25.8 Å². The minimum Gasteiger partial charge on any atom is -0.356 e. The van der Waals surface area contributed by atoms with Crippen molar-refractivity contribution in [3.8, 4) is 0 Å². The first-order chi connectivity index (χ1) is 7.99. The van der Waals surface area contributed by atoms with Gasteiger partial charge < -0.3 is 11.1 Å². The highest BCUT2D eigenvalue weighted by Crippen LogP contribution is 2.15. The highest BCUT2D eigenvalue weighted by atomic mass is 35.5. The predicted octanol–water partition coefficient (Wildman–Crippen LogP) is 1.88. The zero-order chi connectivity index (χ0) is 12.8. The molecule has 17 heavy (non-hydrogen) atoms. The maximum absolute atomic E-state index is 12.9. The molecule has 0 aliphatic heterocycles. The van der Waals surface area contributed by atoms with Crippen LogP contribution in [0.15, 0.2) is 18.2 Å². The summed E-state index contributed by atoms with van der Waals surface area (Å²) in [6.07, 6.45) is 0.925. The summed E-state index contributed by atoms with van der Waals surface area (Å²) in [6, 6.07) is 4.39. The molecule has 0 fully saturated rings. The van der Waals surface area contributed by atoms with E-state index in [0.717, 1.165) is 5.56 Å². The van der Waals surface area contributed by atoms with Crippen molar-refractivity contribution in [3.05, 3.63) is 34.6 Å². The molecule has 0 saturated carbocycles. The van der Waals surface area contributed by atoms with Crippen molar-refractivity contribution < 1.29 is 9.18 Å². The number of hydrogen-bond donors (Lipinski definition) is 2. The summed E-state index contributed by atoms with van der Waals surface area (Å²) in [4.78, 5) is 11.3. The van der Waals surface area contributed by atoms with Crippen molar-refractivity contribution in [1.82, 2.24) is 5.32 Å². The number of hydrogen-bond acceptors (Lipinski definition) is 2. The summed E-state index contributed by atoms with van der Waals surface area (Å²) in [5.74, 6) is -0.510. The Balaban J connectivity index is 2.36. The van der Waals surface area contributed by atoms with E-state index in [2.05, 4.69) is 5.32 Å². The van der Waals surface area contributed by atoms with Crippen LogP contribution in [-0.4, -0.2) is 18.5 Å². The summed E-state index contributed by atoms with van der Waals surface area (Å²) >= 11 is 5.65. The van der Waals surface area contributed by atoms with Gasteiger partial charge in [-0.05, 0) is 31.0 Å². The molecule has 94 valence electrons. The third-order valence-electron chi connectivity index (χ3n) is 2.23. The maximum Gasteiger partial charge on any atom is 0.221 e. The fraction of sp³-hybridized carbons (Fsp3) is 0.417. The average Bonchev–Trinajstić information content (AvgIpc) is 2.22. The Bertz CT molecular complexity index is 396. The molecular formula is C12H16ClFN2O. The lowest BCUT2D eigenvalue weighted by molar-refractivity contribution is -0.121. The van der Waals surface area contributed by atoms with Crippen LogP contribution in [0.4, 0.5) is 4.39 Å². The van der Waals surface area contributed by atoms with Gasteiger partial charge in [-0.1, -0.05) is 17.7 Å². The van der Waals surface area contributed by atoms with E-state index in [9.17, 15) is 9.18 Å². The van der Waals surface area contributed by atoms with Gasteiger partial charge in [0.25, 0.3) is 0 Å². The Morgan fingerprint density at radius 2 is 2.29 bits per heavy atom. The quantitative estimate of drug-likeness (QED) is 0.847. The Morgan fingerprint density at radius 3 is 2.88 bits per heavy atom. The van der Waals surface area contributed by atoms with Crippen molar-refractivity contribution >= 4 is 17.5 Å². The minimum atomic E-state index is -0.434. The molecule has 0 saturated heterocycles. The first-order valence-corrected chi connectivity index (χ1v) is 5.83. The smallest absolute Gasteiger partial charge is 0.221 e. The molecule has 1 aromatic rings. The van der Waals surface area contributed by atoms with Gasteiger partial charge in [0.2, 0.25) is 5.91 Å². The molecule has 0 radical (unpaired) electrons. The topological polar surface area (TPSA) is 55.1 Å². The van der Waals surface area contributed by atoms with Crippen LogP contribution >= 0.6 is 11.6 Å². The van der Waals surface area contributed by atoms with Gasteiger partial charge in [0.1, 0.15) is 5.82 Å². The van der Waals surface area contributed by atoms with Crippen molar-refractivity contribution in [1.29, 1.82) is 0 Å². The maximum atomic E-state index is 12.9. The average molecular weight is 259 g/mol. The number of carbonyl (C=O) groups is 1. The lowest BCUT2D eigenvalue weighted by Crippen LogP contribution is -2.31. The van der Waals surface area contributed by atoms with Gasteiger partial charge in [0, 0.05) is 19.0 Å². The standard InChI is InChI=1S/C12H16ClFN2O/c1-8(15)6-12(17)16-5-4-9-2-3-11(14)10(13)7-9/h2-3,7-8H,4-6,15H2,1H3,(H,16,17). The Hall–Kier alpha value is -1.13. The summed E-state index contributed by atoms with van der Waals surface area (Å²) in [7, 11) is 0. The van der Waals surface area contributed by atoms with Gasteiger partial charge in [-0.3, -0.25) is 4.79 Å².